The lowest BCUT2D eigenvalue weighted by atomic mass is 10.1. The van der Waals surface area contributed by atoms with Crippen LogP contribution >= 0.6 is 11.6 Å². The van der Waals surface area contributed by atoms with Gasteiger partial charge in [-0.3, -0.25) is 9.69 Å². The molecule has 3 aromatic carbocycles. The Morgan fingerprint density at radius 2 is 1.71 bits per heavy atom. The summed E-state index contributed by atoms with van der Waals surface area (Å²) in [5.41, 5.74) is 5.28. The molecule has 0 radical (unpaired) electrons. The third-order valence-corrected chi connectivity index (χ3v) is 5.52. The summed E-state index contributed by atoms with van der Waals surface area (Å²) in [5.74, 6) is 0.615. The Hall–Kier alpha value is -2.98. The van der Waals surface area contributed by atoms with Gasteiger partial charge < -0.3 is 10.1 Å². The average Bonchev–Trinajstić information content (AvgIpc) is 2.97. The first-order valence-corrected chi connectivity index (χ1v) is 9.48. The maximum atomic E-state index is 13.3. The summed E-state index contributed by atoms with van der Waals surface area (Å²) >= 11 is 6.26. The highest BCUT2D eigenvalue weighted by molar-refractivity contribution is 6.31. The van der Waals surface area contributed by atoms with E-state index in [4.69, 9.17) is 16.3 Å². The first-order valence-electron chi connectivity index (χ1n) is 9.10. The largest absolute Gasteiger partial charge is 0.495 e. The number of hydrogen-bond donors (Lipinski definition) is 1. The molecule has 1 N–H and O–H groups in total. The molecular weight excluding hydrogens is 372 g/mol. The molecule has 4 rings (SSSR count). The maximum absolute atomic E-state index is 13.3. The molecule has 1 atom stereocenters. The van der Waals surface area contributed by atoms with Gasteiger partial charge in [0, 0.05) is 27.9 Å². The Kier molecular flexibility index (Phi) is 4.73. The van der Waals surface area contributed by atoms with E-state index in [9.17, 15) is 4.79 Å². The van der Waals surface area contributed by atoms with Gasteiger partial charge in [0.25, 0.3) is 5.91 Å². The van der Waals surface area contributed by atoms with Gasteiger partial charge in [-0.25, -0.2) is 0 Å². The van der Waals surface area contributed by atoms with Crippen LogP contribution in [0.25, 0.3) is 0 Å². The molecule has 0 aliphatic carbocycles. The minimum Gasteiger partial charge on any atom is -0.495 e. The number of rotatable bonds is 4. The first-order chi connectivity index (χ1) is 13.5. The van der Waals surface area contributed by atoms with Crippen molar-refractivity contribution in [2.75, 3.05) is 17.3 Å². The lowest BCUT2D eigenvalue weighted by Crippen LogP contribution is -2.32. The number of ether oxygens (including phenoxy) is 1. The molecule has 0 saturated carbocycles. The Labute approximate surface area is 169 Å². The van der Waals surface area contributed by atoms with Crippen molar-refractivity contribution in [3.63, 3.8) is 0 Å². The average molecular weight is 393 g/mol. The summed E-state index contributed by atoms with van der Waals surface area (Å²) in [6.07, 6.45) is -0.348. The number of halogens is 1. The number of benzene rings is 3. The molecule has 3 aromatic rings. The van der Waals surface area contributed by atoms with E-state index >= 15 is 0 Å². The van der Waals surface area contributed by atoms with Gasteiger partial charge in [-0.1, -0.05) is 48.0 Å². The van der Waals surface area contributed by atoms with E-state index in [0.717, 1.165) is 28.1 Å². The third kappa shape index (κ3) is 3.00. The quantitative estimate of drug-likeness (QED) is 0.615. The smallest absolute Gasteiger partial charge is 0.260 e. The highest BCUT2D eigenvalue weighted by Crippen LogP contribution is 2.41. The SMILES string of the molecule is COc1cc(Cl)c(C)cc1N[C@H]1c2ccccc2C(=O)N1c1ccccc1C. The van der Waals surface area contributed by atoms with Gasteiger partial charge in [0.2, 0.25) is 0 Å². The number of nitrogens with one attached hydrogen (secondary N) is 1. The minimum atomic E-state index is -0.348. The molecule has 4 nitrogen and oxygen atoms in total. The zero-order chi connectivity index (χ0) is 19.8. The summed E-state index contributed by atoms with van der Waals surface area (Å²) in [7, 11) is 1.61. The molecule has 0 spiro atoms. The van der Waals surface area contributed by atoms with Crippen molar-refractivity contribution in [3.8, 4) is 5.75 Å². The molecule has 0 bridgehead atoms. The van der Waals surface area contributed by atoms with Gasteiger partial charge in [-0.2, -0.15) is 0 Å². The van der Waals surface area contributed by atoms with Gasteiger partial charge in [-0.15, -0.1) is 0 Å². The van der Waals surface area contributed by atoms with Gasteiger partial charge >= 0.3 is 0 Å². The number of para-hydroxylation sites is 1. The fraction of sp³-hybridized carbons (Fsp3) is 0.174. The van der Waals surface area contributed by atoms with Gasteiger partial charge in [0.1, 0.15) is 11.9 Å². The number of fused-ring (bicyclic) bond motifs is 1. The van der Waals surface area contributed by atoms with E-state index in [1.165, 1.54) is 0 Å². The monoisotopic (exact) mass is 392 g/mol. The summed E-state index contributed by atoms with van der Waals surface area (Å²) in [5, 5.41) is 4.15. The number of nitrogens with zero attached hydrogens (tertiary/aromatic N) is 1. The second kappa shape index (κ2) is 7.21. The second-order valence-electron chi connectivity index (χ2n) is 6.90. The van der Waals surface area contributed by atoms with Crippen molar-refractivity contribution in [2.24, 2.45) is 0 Å². The number of carbonyl (C=O) groups excluding carboxylic acids is 1. The highest BCUT2D eigenvalue weighted by atomic mass is 35.5. The zero-order valence-corrected chi connectivity index (χ0v) is 16.7. The Morgan fingerprint density at radius 3 is 2.46 bits per heavy atom. The van der Waals surface area contributed by atoms with Crippen molar-refractivity contribution in [2.45, 2.75) is 20.0 Å². The molecule has 142 valence electrons. The van der Waals surface area contributed by atoms with Crippen LogP contribution in [0.5, 0.6) is 5.75 Å². The summed E-state index contributed by atoms with van der Waals surface area (Å²) < 4.78 is 5.52. The van der Waals surface area contributed by atoms with Crippen LogP contribution in [0.15, 0.2) is 60.7 Å². The number of methoxy groups -OCH3 is 1. The van der Waals surface area contributed by atoms with E-state index < -0.39 is 0 Å². The van der Waals surface area contributed by atoms with Crippen molar-refractivity contribution in [1.29, 1.82) is 0 Å². The van der Waals surface area contributed by atoms with Crippen molar-refractivity contribution in [3.05, 3.63) is 87.9 Å². The van der Waals surface area contributed by atoms with E-state index in [-0.39, 0.29) is 12.1 Å². The first kappa shape index (κ1) is 18.4. The van der Waals surface area contributed by atoms with Gasteiger partial charge in [-0.05, 0) is 43.2 Å². The molecule has 5 heteroatoms. The number of hydrogen-bond acceptors (Lipinski definition) is 3. The van der Waals surface area contributed by atoms with Crippen LogP contribution in [0, 0.1) is 13.8 Å². The van der Waals surface area contributed by atoms with Gasteiger partial charge in [0.05, 0.1) is 12.8 Å². The lowest BCUT2D eigenvalue weighted by molar-refractivity contribution is 0.0992. The zero-order valence-electron chi connectivity index (χ0n) is 16.0. The van der Waals surface area contributed by atoms with Crippen molar-refractivity contribution < 1.29 is 9.53 Å². The van der Waals surface area contributed by atoms with Crippen LogP contribution in [-0.2, 0) is 0 Å². The van der Waals surface area contributed by atoms with E-state index in [0.29, 0.717) is 16.3 Å². The second-order valence-corrected chi connectivity index (χ2v) is 7.30. The van der Waals surface area contributed by atoms with E-state index in [1.807, 2.05) is 73.3 Å². The molecule has 0 saturated heterocycles. The highest BCUT2D eigenvalue weighted by Gasteiger charge is 2.38. The molecule has 1 aliphatic rings. The number of anilines is 2. The third-order valence-electron chi connectivity index (χ3n) is 5.11. The standard InChI is InChI=1S/C23H21ClN2O2/c1-14-8-4-7-11-20(14)26-22(16-9-5-6-10-17(16)23(26)27)25-19-12-15(2)18(24)13-21(19)28-3/h4-13,22,25H,1-3H3/t22-/m1/s1. The summed E-state index contributed by atoms with van der Waals surface area (Å²) in [4.78, 5) is 15.1. The summed E-state index contributed by atoms with van der Waals surface area (Å²) in [6, 6.07) is 19.3. The fourth-order valence-electron chi connectivity index (χ4n) is 3.63. The predicted octanol–water partition coefficient (Wildman–Crippen LogP) is 5.74. The van der Waals surface area contributed by atoms with Crippen LogP contribution < -0.4 is 15.0 Å². The van der Waals surface area contributed by atoms with Crippen LogP contribution in [0.3, 0.4) is 0 Å². The molecule has 0 unspecified atom stereocenters. The number of amides is 1. The molecular formula is C23H21ClN2O2. The topological polar surface area (TPSA) is 41.6 Å². The molecule has 1 aliphatic heterocycles. The van der Waals surface area contributed by atoms with Crippen molar-refractivity contribution >= 4 is 28.9 Å². The number of aryl methyl sites for hydroxylation is 2. The maximum Gasteiger partial charge on any atom is 0.260 e. The van der Waals surface area contributed by atoms with Crippen LogP contribution in [-0.4, -0.2) is 13.0 Å². The van der Waals surface area contributed by atoms with Crippen LogP contribution in [0.4, 0.5) is 11.4 Å². The molecule has 0 aromatic heterocycles. The molecule has 1 amide bonds. The molecule has 0 fully saturated rings. The van der Waals surface area contributed by atoms with Gasteiger partial charge in [0.15, 0.2) is 0 Å². The van der Waals surface area contributed by atoms with Crippen LogP contribution in [0.1, 0.15) is 33.2 Å². The fourth-order valence-corrected chi connectivity index (χ4v) is 3.79. The summed E-state index contributed by atoms with van der Waals surface area (Å²) in [6.45, 7) is 3.95. The lowest BCUT2D eigenvalue weighted by Gasteiger charge is -2.29. The Morgan fingerprint density at radius 1 is 1.00 bits per heavy atom. The Balaban J connectivity index is 1.84. The predicted molar refractivity (Wildman–Crippen MR) is 114 cm³/mol. The normalized spacial score (nSPS) is 15.5. The van der Waals surface area contributed by atoms with E-state index in [2.05, 4.69) is 5.32 Å². The Bertz CT molecular complexity index is 1060. The van der Waals surface area contributed by atoms with Crippen molar-refractivity contribution in [1.82, 2.24) is 0 Å². The molecule has 28 heavy (non-hydrogen) atoms. The number of carbonyl (C=O) groups is 1. The minimum absolute atomic E-state index is 0.0212. The van der Waals surface area contributed by atoms with Crippen LogP contribution in [0.2, 0.25) is 5.02 Å². The van der Waals surface area contributed by atoms with E-state index in [1.54, 1.807) is 13.2 Å². The molecule has 1 heterocycles.